The zero-order valence-corrected chi connectivity index (χ0v) is 14.7. The maximum absolute atomic E-state index is 11.5. The molecule has 2 amide bonds. The van der Waals surface area contributed by atoms with Crippen LogP contribution in [0.2, 0.25) is 0 Å². The van der Waals surface area contributed by atoms with E-state index in [1.54, 1.807) is 0 Å². The number of nitrogens with zero attached hydrogens (tertiary/aromatic N) is 2. The molecule has 1 aromatic rings. The highest BCUT2D eigenvalue weighted by atomic mass is 16.2. The molecule has 25 heavy (non-hydrogen) atoms. The van der Waals surface area contributed by atoms with E-state index >= 15 is 0 Å². The van der Waals surface area contributed by atoms with E-state index in [9.17, 15) is 9.59 Å². The van der Waals surface area contributed by atoms with Crippen molar-refractivity contribution in [2.45, 2.75) is 13.0 Å². The molecule has 0 aliphatic carbocycles. The Kier molecular flexibility index (Phi) is 8.38. The molecular formula is C18H29N5O2. The first-order valence-electron chi connectivity index (χ1n) is 8.89. The Balaban J connectivity index is 1.52. The van der Waals surface area contributed by atoms with Crippen LogP contribution in [0.4, 0.5) is 0 Å². The fourth-order valence-electron chi connectivity index (χ4n) is 2.86. The molecule has 1 heterocycles. The molecule has 4 N–H and O–H groups in total. The van der Waals surface area contributed by atoms with Crippen molar-refractivity contribution in [1.82, 2.24) is 20.4 Å². The molecule has 7 heteroatoms. The molecule has 1 aliphatic heterocycles. The molecule has 0 bridgehead atoms. The third-order valence-electron chi connectivity index (χ3n) is 4.32. The molecule has 7 nitrogen and oxygen atoms in total. The lowest BCUT2D eigenvalue weighted by molar-refractivity contribution is -0.125. The van der Waals surface area contributed by atoms with Gasteiger partial charge in [-0.05, 0) is 18.5 Å². The number of carbonyl (C=O) groups excluding carboxylic acids is 2. The van der Waals surface area contributed by atoms with Crippen LogP contribution >= 0.6 is 0 Å². The number of carbonyl (C=O) groups is 2. The van der Waals surface area contributed by atoms with Gasteiger partial charge in [-0.25, -0.2) is 0 Å². The molecule has 0 aromatic heterocycles. The summed E-state index contributed by atoms with van der Waals surface area (Å²) in [7, 11) is 0. The van der Waals surface area contributed by atoms with Crippen LogP contribution in [-0.2, 0) is 16.1 Å². The number of hydrogen-bond donors (Lipinski definition) is 3. The van der Waals surface area contributed by atoms with Gasteiger partial charge in [-0.3, -0.25) is 14.5 Å². The van der Waals surface area contributed by atoms with Crippen LogP contribution in [-0.4, -0.2) is 74.0 Å². The quantitative estimate of drug-likeness (QED) is 0.518. The number of rotatable bonds is 9. The first-order valence-corrected chi connectivity index (χ1v) is 8.89. The number of amides is 2. The molecule has 2 rings (SSSR count). The molecule has 1 aliphatic rings. The van der Waals surface area contributed by atoms with Crippen molar-refractivity contribution in [1.29, 1.82) is 0 Å². The van der Waals surface area contributed by atoms with Crippen LogP contribution in [0.3, 0.4) is 0 Å². The van der Waals surface area contributed by atoms with Crippen molar-refractivity contribution in [3.63, 3.8) is 0 Å². The predicted molar refractivity (Wildman–Crippen MR) is 97.8 cm³/mol. The van der Waals surface area contributed by atoms with E-state index in [0.717, 1.165) is 45.7 Å². The molecule has 0 saturated carbocycles. The molecule has 1 fully saturated rings. The number of nitrogens with one attached hydrogen (secondary N) is 2. The van der Waals surface area contributed by atoms with Gasteiger partial charge in [0.05, 0.1) is 13.1 Å². The topological polar surface area (TPSA) is 90.7 Å². The Morgan fingerprint density at radius 3 is 2.32 bits per heavy atom. The average Bonchev–Trinajstić information content (AvgIpc) is 2.65. The van der Waals surface area contributed by atoms with Gasteiger partial charge in [0, 0.05) is 39.3 Å². The summed E-state index contributed by atoms with van der Waals surface area (Å²) < 4.78 is 0. The molecule has 1 saturated heterocycles. The summed E-state index contributed by atoms with van der Waals surface area (Å²) in [6, 6.07) is 10.6. The van der Waals surface area contributed by atoms with Crippen LogP contribution in [0.5, 0.6) is 0 Å². The van der Waals surface area contributed by atoms with Crippen LogP contribution in [0.15, 0.2) is 30.3 Å². The fraction of sp³-hybridized carbons (Fsp3) is 0.556. The monoisotopic (exact) mass is 347 g/mol. The molecule has 0 radical (unpaired) electrons. The van der Waals surface area contributed by atoms with Crippen molar-refractivity contribution < 1.29 is 9.59 Å². The molecular weight excluding hydrogens is 318 g/mol. The van der Waals surface area contributed by atoms with E-state index in [4.69, 9.17) is 5.73 Å². The van der Waals surface area contributed by atoms with Gasteiger partial charge in [-0.1, -0.05) is 30.3 Å². The minimum absolute atomic E-state index is 0.00576. The first kappa shape index (κ1) is 19.4. The summed E-state index contributed by atoms with van der Waals surface area (Å²) in [6.07, 6.45) is 0.912. The van der Waals surface area contributed by atoms with Gasteiger partial charge in [0.1, 0.15) is 0 Å². The molecule has 0 spiro atoms. The smallest absolute Gasteiger partial charge is 0.239 e. The lowest BCUT2D eigenvalue weighted by Crippen LogP contribution is -2.46. The standard InChI is InChI=1S/C18H29N5O2/c19-13-17(24)21-14-18(25)20-7-4-8-22-9-11-23(12-10-22)15-16-5-2-1-3-6-16/h1-3,5-6H,4,7-15,19H2,(H,20,25)(H,21,24). The molecule has 0 atom stereocenters. The Morgan fingerprint density at radius 1 is 0.960 bits per heavy atom. The van der Waals surface area contributed by atoms with Gasteiger partial charge >= 0.3 is 0 Å². The van der Waals surface area contributed by atoms with Crippen molar-refractivity contribution in [3.8, 4) is 0 Å². The minimum Gasteiger partial charge on any atom is -0.355 e. The Hall–Kier alpha value is -1.96. The lowest BCUT2D eigenvalue weighted by atomic mass is 10.2. The summed E-state index contributed by atoms with van der Waals surface area (Å²) in [5.41, 5.74) is 6.52. The van der Waals surface area contributed by atoms with Crippen molar-refractivity contribution in [2.24, 2.45) is 5.73 Å². The lowest BCUT2D eigenvalue weighted by Gasteiger charge is -2.34. The summed E-state index contributed by atoms with van der Waals surface area (Å²) in [5.74, 6) is -0.488. The SMILES string of the molecule is NCC(=O)NCC(=O)NCCCN1CCN(Cc2ccccc2)CC1. The summed E-state index contributed by atoms with van der Waals surface area (Å²) in [4.78, 5) is 27.4. The average molecular weight is 347 g/mol. The van der Waals surface area contributed by atoms with E-state index in [1.165, 1.54) is 5.56 Å². The van der Waals surface area contributed by atoms with Gasteiger partial charge < -0.3 is 21.3 Å². The minimum atomic E-state index is -0.316. The van der Waals surface area contributed by atoms with Crippen LogP contribution in [0.1, 0.15) is 12.0 Å². The number of hydrogen-bond acceptors (Lipinski definition) is 5. The summed E-state index contributed by atoms with van der Waals surface area (Å²) in [5, 5.41) is 5.27. The normalized spacial score (nSPS) is 15.7. The number of benzene rings is 1. The van der Waals surface area contributed by atoms with E-state index in [2.05, 4.69) is 44.7 Å². The van der Waals surface area contributed by atoms with Crippen molar-refractivity contribution >= 4 is 11.8 Å². The molecule has 1 aromatic carbocycles. The van der Waals surface area contributed by atoms with E-state index in [0.29, 0.717) is 6.54 Å². The largest absolute Gasteiger partial charge is 0.355 e. The van der Waals surface area contributed by atoms with Gasteiger partial charge in [0.25, 0.3) is 0 Å². The van der Waals surface area contributed by atoms with E-state index < -0.39 is 0 Å². The molecule has 138 valence electrons. The van der Waals surface area contributed by atoms with Crippen molar-refractivity contribution in [3.05, 3.63) is 35.9 Å². The van der Waals surface area contributed by atoms with E-state index in [1.807, 2.05) is 6.07 Å². The Bertz CT molecular complexity index is 530. The highest BCUT2D eigenvalue weighted by Crippen LogP contribution is 2.08. The van der Waals surface area contributed by atoms with Crippen molar-refractivity contribution in [2.75, 3.05) is 52.4 Å². The van der Waals surface area contributed by atoms with Gasteiger partial charge in [0.15, 0.2) is 0 Å². The summed E-state index contributed by atoms with van der Waals surface area (Å²) >= 11 is 0. The van der Waals surface area contributed by atoms with Gasteiger partial charge in [-0.2, -0.15) is 0 Å². The van der Waals surface area contributed by atoms with Crippen LogP contribution in [0.25, 0.3) is 0 Å². The first-order chi connectivity index (χ1) is 12.2. The second kappa shape index (κ2) is 10.8. The fourth-order valence-corrected chi connectivity index (χ4v) is 2.86. The van der Waals surface area contributed by atoms with E-state index in [-0.39, 0.29) is 24.9 Å². The number of nitrogens with two attached hydrogens (primary N) is 1. The van der Waals surface area contributed by atoms with Gasteiger partial charge in [0.2, 0.25) is 11.8 Å². The second-order valence-corrected chi connectivity index (χ2v) is 6.29. The second-order valence-electron chi connectivity index (χ2n) is 6.29. The number of piperazine rings is 1. The van der Waals surface area contributed by atoms with Crippen LogP contribution in [0, 0.1) is 0 Å². The third-order valence-corrected chi connectivity index (χ3v) is 4.32. The highest BCUT2D eigenvalue weighted by Gasteiger charge is 2.16. The Labute approximate surface area is 149 Å². The maximum atomic E-state index is 11.5. The summed E-state index contributed by atoms with van der Waals surface area (Å²) in [6.45, 7) is 6.80. The maximum Gasteiger partial charge on any atom is 0.239 e. The van der Waals surface area contributed by atoms with Gasteiger partial charge in [-0.15, -0.1) is 0 Å². The van der Waals surface area contributed by atoms with Crippen LogP contribution < -0.4 is 16.4 Å². The molecule has 0 unspecified atom stereocenters. The highest BCUT2D eigenvalue weighted by molar-refractivity contribution is 5.85. The third kappa shape index (κ3) is 7.64. The zero-order chi connectivity index (χ0) is 17.9. The predicted octanol–water partition coefficient (Wildman–Crippen LogP) is -0.615. The zero-order valence-electron chi connectivity index (χ0n) is 14.7. The Morgan fingerprint density at radius 2 is 1.64 bits per heavy atom.